The number of carbonyl (C=O) groups excluding carboxylic acids is 2. The van der Waals surface area contributed by atoms with Crippen molar-refractivity contribution in [1.29, 1.82) is 0 Å². The molecule has 0 heterocycles. The van der Waals surface area contributed by atoms with E-state index in [0.29, 0.717) is 18.6 Å². The van der Waals surface area contributed by atoms with Crippen molar-refractivity contribution in [2.75, 3.05) is 6.61 Å². The van der Waals surface area contributed by atoms with Crippen LogP contribution in [-0.4, -0.2) is 19.0 Å². The summed E-state index contributed by atoms with van der Waals surface area (Å²) in [6.45, 7) is 2.02. The van der Waals surface area contributed by atoms with E-state index in [4.69, 9.17) is 4.74 Å². The van der Waals surface area contributed by atoms with Crippen LogP contribution in [0.15, 0.2) is 30.3 Å². The van der Waals surface area contributed by atoms with Crippen molar-refractivity contribution in [3.8, 4) is 0 Å². The van der Waals surface area contributed by atoms with Crippen LogP contribution in [0, 0.1) is 0 Å². The molecule has 0 saturated heterocycles. The molecular weight excluding hydrogens is 194 g/mol. The number of rotatable bonds is 5. The summed E-state index contributed by atoms with van der Waals surface area (Å²) in [5.74, 6) is -0.448. The molecule has 4 heteroatoms. The van der Waals surface area contributed by atoms with Crippen molar-refractivity contribution >= 4 is 12.4 Å². The molecule has 80 valence electrons. The van der Waals surface area contributed by atoms with E-state index in [0.717, 1.165) is 0 Å². The summed E-state index contributed by atoms with van der Waals surface area (Å²) in [6, 6.07) is 8.24. The molecule has 0 spiro atoms. The van der Waals surface area contributed by atoms with Gasteiger partial charge >= 0.3 is 5.97 Å². The summed E-state index contributed by atoms with van der Waals surface area (Å²) in [5.41, 5.74) is 0.711. The van der Waals surface area contributed by atoms with Gasteiger partial charge < -0.3 is 10.1 Å². The van der Waals surface area contributed by atoms with Crippen molar-refractivity contribution in [3.05, 3.63) is 35.9 Å². The van der Waals surface area contributed by atoms with Crippen molar-refractivity contribution in [2.24, 2.45) is 0 Å². The summed E-state index contributed by atoms with van der Waals surface area (Å²) in [5, 5.41) is 2.43. The third-order valence-electron chi connectivity index (χ3n) is 1.89. The van der Waals surface area contributed by atoms with Crippen LogP contribution in [0.1, 0.15) is 18.5 Å². The molecule has 1 aromatic rings. The van der Waals surface area contributed by atoms with E-state index in [9.17, 15) is 9.59 Å². The van der Waals surface area contributed by atoms with E-state index in [2.05, 4.69) is 5.32 Å². The molecule has 0 aliphatic rings. The highest BCUT2D eigenvalue weighted by atomic mass is 16.5. The Balaban J connectivity index is 2.82. The van der Waals surface area contributed by atoms with E-state index in [1.807, 2.05) is 6.07 Å². The number of carbonyl (C=O) groups is 2. The predicted molar refractivity (Wildman–Crippen MR) is 55.0 cm³/mol. The number of ether oxygens (including phenoxy) is 1. The lowest BCUT2D eigenvalue weighted by atomic mass is 10.1. The first kappa shape index (κ1) is 11.2. The first-order valence-electron chi connectivity index (χ1n) is 4.71. The van der Waals surface area contributed by atoms with E-state index >= 15 is 0 Å². The van der Waals surface area contributed by atoms with Crippen LogP contribution in [0.4, 0.5) is 0 Å². The molecule has 1 rings (SSSR count). The monoisotopic (exact) mass is 207 g/mol. The van der Waals surface area contributed by atoms with Gasteiger partial charge in [0.25, 0.3) is 0 Å². The fourth-order valence-electron chi connectivity index (χ4n) is 1.24. The predicted octanol–water partition coefficient (Wildman–Crippen LogP) is 1.04. The molecule has 0 radical (unpaired) electrons. The maximum atomic E-state index is 11.5. The molecule has 1 atom stereocenters. The van der Waals surface area contributed by atoms with Crippen LogP contribution in [0.3, 0.4) is 0 Å². The summed E-state index contributed by atoms with van der Waals surface area (Å²) in [7, 11) is 0. The Morgan fingerprint density at radius 2 is 2.13 bits per heavy atom. The number of esters is 1. The lowest BCUT2D eigenvalue weighted by Crippen LogP contribution is -2.29. The van der Waals surface area contributed by atoms with Gasteiger partial charge in [0, 0.05) is 0 Å². The average Bonchev–Trinajstić information content (AvgIpc) is 2.27. The third kappa shape index (κ3) is 3.09. The molecule has 1 N–H and O–H groups in total. The van der Waals surface area contributed by atoms with Gasteiger partial charge in [-0.2, -0.15) is 0 Å². The minimum atomic E-state index is -0.719. The van der Waals surface area contributed by atoms with Crippen LogP contribution in [0.25, 0.3) is 0 Å². The number of amides is 1. The fourth-order valence-corrected chi connectivity index (χ4v) is 1.24. The number of nitrogens with one attached hydrogen (secondary N) is 1. The molecule has 1 amide bonds. The Labute approximate surface area is 88.2 Å². The van der Waals surface area contributed by atoms with Crippen molar-refractivity contribution in [3.63, 3.8) is 0 Å². The van der Waals surface area contributed by atoms with E-state index in [-0.39, 0.29) is 0 Å². The zero-order valence-electron chi connectivity index (χ0n) is 8.47. The third-order valence-corrected chi connectivity index (χ3v) is 1.89. The normalized spacial score (nSPS) is 11.5. The van der Waals surface area contributed by atoms with Gasteiger partial charge in [0.05, 0.1) is 6.61 Å². The molecule has 0 aliphatic heterocycles. The second kappa shape index (κ2) is 5.80. The quantitative estimate of drug-likeness (QED) is 0.579. The number of hydrogen-bond acceptors (Lipinski definition) is 3. The standard InChI is InChI=1S/C11H13NO3/c1-2-15-11(14)10(12-8-13)9-6-4-3-5-7-9/h3-8,10H,2H2,1H3,(H,12,13). The molecule has 0 fully saturated rings. The summed E-state index contributed by atoms with van der Waals surface area (Å²) in [6.07, 6.45) is 0.495. The number of hydrogen-bond donors (Lipinski definition) is 1. The highest BCUT2D eigenvalue weighted by molar-refractivity contribution is 5.79. The SMILES string of the molecule is CCOC(=O)C(NC=O)c1ccccc1. The Morgan fingerprint density at radius 3 is 2.67 bits per heavy atom. The van der Waals surface area contributed by atoms with Gasteiger partial charge in [-0.1, -0.05) is 30.3 Å². The van der Waals surface area contributed by atoms with Crippen LogP contribution >= 0.6 is 0 Å². The van der Waals surface area contributed by atoms with Crippen LogP contribution in [-0.2, 0) is 14.3 Å². The van der Waals surface area contributed by atoms with Gasteiger partial charge in [-0.05, 0) is 12.5 Å². The first-order chi connectivity index (χ1) is 7.29. The maximum Gasteiger partial charge on any atom is 0.333 e. The van der Waals surface area contributed by atoms with Crippen molar-refractivity contribution in [2.45, 2.75) is 13.0 Å². The lowest BCUT2D eigenvalue weighted by molar-refractivity contribution is -0.146. The van der Waals surface area contributed by atoms with Gasteiger partial charge in [-0.3, -0.25) is 4.79 Å². The van der Waals surface area contributed by atoms with Gasteiger partial charge in [-0.25, -0.2) is 4.79 Å². The molecule has 0 aliphatic carbocycles. The average molecular weight is 207 g/mol. The molecular formula is C11H13NO3. The van der Waals surface area contributed by atoms with Gasteiger partial charge in [0.15, 0.2) is 6.04 Å². The van der Waals surface area contributed by atoms with E-state index in [1.54, 1.807) is 31.2 Å². The van der Waals surface area contributed by atoms with Crippen LogP contribution in [0.5, 0.6) is 0 Å². The number of benzene rings is 1. The van der Waals surface area contributed by atoms with Gasteiger partial charge in [0.2, 0.25) is 6.41 Å². The van der Waals surface area contributed by atoms with E-state index in [1.165, 1.54) is 0 Å². The second-order valence-electron chi connectivity index (χ2n) is 2.88. The topological polar surface area (TPSA) is 55.4 Å². The minimum Gasteiger partial charge on any atom is -0.464 e. The maximum absolute atomic E-state index is 11.5. The summed E-state index contributed by atoms with van der Waals surface area (Å²) < 4.78 is 4.85. The van der Waals surface area contributed by atoms with Crippen molar-refractivity contribution < 1.29 is 14.3 Å². The van der Waals surface area contributed by atoms with Crippen LogP contribution in [0.2, 0.25) is 0 Å². The zero-order chi connectivity index (χ0) is 11.1. The highest BCUT2D eigenvalue weighted by Gasteiger charge is 2.20. The fraction of sp³-hybridized carbons (Fsp3) is 0.273. The molecule has 15 heavy (non-hydrogen) atoms. The highest BCUT2D eigenvalue weighted by Crippen LogP contribution is 2.13. The summed E-state index contributed by atoms with van der Waals surface area (Å²) >= 11 is 0. The molecule has 4 nitrogen and oxygen atoms in total. The Bertz CT molecular complexity index is 324. The second-order valence-corrected chi connectivity index (χ2v) is 2.88. The van der Waals surface area contributed by atoms with Crippen molar-refractivity contribution in [1.82, 2.24) is 5.32 Å². The molecule has 0 aromatic heterocycles. The molecule has 0 bridgehead atoms. The first-order valence-corrected chi connectivity index (χ1v) is 4.71. The Morgan fingerprint density at radius 1 is 1.47 bits per heavy atom. The Hall–Kier alpha value is -1.84. The smallest absolute Gasteiger partial charge is 0.333 e. The largest absolute Gasteiger partial charge is 0.464 e. The molecule has 0 saturated carbocycles. The van der Waals surface area contributed by atoms with E-state index < -0.39 is 12.0 Å². The molecule has 1 unspecified atom stereocenters. The van der Waals surface area contributed by atoms with Gasteiger partial charge in [0.1, 0.15) is 0 Å². The van der Waals surface area contributed by atoms with Crippen LogP contribution < -0.4 is 5.32 Å². The summed E-state index contributed by atoms with van der Waals surface area (Å²) in [4.78, 5) is 21.9. The Kier molecular flexibility index (Phi) is 4.34. The zero-order valence-corrected chi connectivity index (χ0v) is 8.47. The van der Waals surface area contributed by atoms with Gasteiger partial charge in [-0.15, -0.1) is 0 Å². The molecule has 1 aromatic carbocycles. The minimum absolute atomic E-state index is 0.294. The lowest BCUT2D eigenvalue weighted by Gasteiger charge is -2.14.